The predicted octanol–water partition coefficient (Wildman–Crippen LogP) is 4.43. The van der Waals surface area contributed by atoms with E-state index in [2.05, 4.69) is 10.3 Å². The smallest absolute Gasteiger partial charge is 0.243 e. The van der Waals surface area contributed by atoms with E-state index in [-0.39, 0.29) is 16.7 Å². The van der Waals surface area contributed by atoms with Crippen molar-refractivity contribution in [3.05, 3.63) is 76.3 Å². The maximum absolute atomic E-state index is 12.7. The molecule has 1 amide bonds. The summed E-state index contributed by atoms with van der Waals surface area (Å²) in [7, 11) is -3.52. The van der Waals surface area contributed by atoms with E-state index in [0.29, 0.717) is 42.5 Å². The number of benzene rings is 2. The number of carbonyl (C=O) groups excluding carboxylic acids is 1. The Morgan fingerprint density at radius 2 is 1.87 bits per heavy atom. The van der Waals surface area contributed by atoms with E-state index in [9.17, 15) is 13.2 Å². The number of hydrogen-bond donors (Lipinski definition) is 1. The minimum atomic E-state index is -3.52. The Hall–Kier alpha value is -2.26. The molecule has 31 heavy (non-hydrogen) atoms. The van der Waals surface area contributed by atoms with Crippen LogP contribution < -0.4 is 5.32 Å². The van der Waals surface area contributed by atoms with E-state index < -0.39 is 10.0 Å². The van der Waals surface area contributed by atoms with Crippen LogP contribution in [0.1, 0.15) is 23.3 Å². The number of nitrogens with one attached hydrogen (secondary N) is 1. The zero-order chi connectivity index (χ0) is 21.8. The molecule has 0 unspecified atom stereocenters. The van der Waals surface area contributed by atoms with Gasteiger partial charge in [0.05, 0.1) is 4.90 Å². The number of halogens is 1. The minimum absolute atomic E-state index is 0.111. The van der Waals surface area contributed by atoms with Crippen LogP contribution in [0.5, 0.6) is 0 Å². The molecule has 0 aliphatic carbocycles. The summed E-state index contributed by atoms with van der Waals surface area (Å²) < 4.78 is 26.9. The van der Waals surface area contributed by atoms with Gasteiger partial charge in [0.2, 0.25) is 15.9 Å². The summed E-state index contributed by atoms with van der Waals surface area (Å²) in [4.78, 5) is 18.3. The van der Waals surface area contributed by atoms with Gasteiger partial charge in [0.25, 0.3) is 0 Å². The lowest BCUT2D eigenvalue weighted by atomic mass is 9.97. The van der Waals surface area contributed by atoms with Crippen molar-refractivity contribution < 1.29 is 13.2 Å². The molecule has 2 aromatic carbocycles. The average molecular weight is 476 g/mol. The van der Waals surface area contributed by atoms with Crippen LogP contribution in [0.2, 0.25) is 5.02 Å². The Morgan fingerprint density at radius 1 is 1.13 bits per heavy atom. The second-order valence-corrected chi connectivity index (χ2v) is 10.9. The Kier molecular flexibility index (Phi) is 6.71. The van der Waals surface area contributed by atoms with Crippen LogP contribution in [0.4, 0.5) is 5.13 Å². The standard InChI is InChI=1S/C22H22ClN3O3S2/c23-18-6-4-5-16(13-18)14-19-15-24-22(30-19)25-21(27)17-9-11-26(12-10-17)31(28,29)20-7-2-1-3-8-20/h1-8,13,15,17H,9-12,14H2,(H,24,25,27). The lowest BCUT2D eigenvalue weighted by molar-refractivity contribution is -0.120. The summed E-state index contributed by atoms with van der Waals surface area (Å²) in [5, 5.41) is 4.14. The van der Waals surface area contributed by atoms with E-state index >= 15 is 0 Å². The van der Waals surface area contributed by atoms with Crippen LogP contribution >= 0.6 is 22.9 Å². The summed E-state index contributed by atoms with van der Waals surface area (Å²) in [6.45, 7) is 0.653. The molecule has 1 aliphatic heterocycles. The van der Waals surface area contributed by atoms with Crippen LogP contribution in [0.15, 0.2) is 65.7 Å². The Balaban J connectivity index is 1.32. The van der Waals surface area contributed by atoms with Gasteiger partial charge in [-0.3, -0.25) is 4.79 Å². The van der Waals surface area contributed by atoms with Gasteiger partial charge in [-0.1, -0.05) is 41.9 Å². The molecule has 4 rings (SSSR count). The van der Waals surface area contributed by atoms with Crippen molar-refractivity contribution in [1.82, 2.24) is 9.29 Å². The van der Waals surface area contributed by atoms with Crippen LogP contribution in [0.25, 0.3) is 0 Å². The Labute approximate surface area is 190 Å². The quantitative estimate of drug-likeness (QED) is 0.572. The van der Waals surface area contributed by atoms with Gasteiger partial charge >= 0.3 is 0 Å². The van der Waals surface area contributed by atoms with E-state index in [1.54, 1.807) is 36.5 Å². The molecule has 0 radical (unpaired) electrons. The lowest BCUT2D eigenvalue weighted by Gasteiger charge is -2.30. The zero-order valence-electron chi connectivity index (χ0n) is 16.7. The number of carbonyl (C=O) groups is 1. The molecule has 0 bridgehead atoms. The maximum Gasteiger partial charge on any atom is 0.243 e. The molecule has 2 heterocycles. The summed E-state index contributed by atoms with van der Waals surface area (Å²) in [6, 6.07) is 16.1. The molecule has 1 aliphatic rings. The third kappa shape index (κ3) is 5.33. The van der Waals surface area contributed by atoms with Crippen molar-refractivity contribution in [1.29, 1.82) is 0 Å². The topological polar surface area (TPSA) is 79.4 Å². The van der Waals surface area contributed by atoms with Crippen LogP contribution in [-0.4, -0.2) is 36.7 Å². The number of piperidine rings is 1. The molecule has 1 aromatic heterocycles. The van der Waals surface area contributed by atoms with E-state index in [1.807, 2.05) is 24.3 Å². The number of thiazole rings is 1. The Bertz CT molecular complexity index is 1160. The monoisotopic (exact) mass is 475 g/mol. The van der Waals surface area contributed by atoms with Crippen molar-refractivity contribution in [3.63, 3.8) is 0 Å². The predicted molar refractivity (Wildman–Crippen MR) is 123 cm³/mol. The summed E-state index contributed by atoms with van der Waals surface area (Å²) in [5.41, 5.74) is 1.08. The summed E-state index contributed by atoms with van der Waals surface area (Å²) in [6.07, 6.45) is 3.43. The fourth-order valence-corrected chi connectivity index (χ4v) is 6.16. The largest absolute Gasteiger partial charge is 0.302 e. The number of sulfonamides is 1. The lowest BCUT2D eigenvalue weighted by Crippen LogP contribution is -2.41. The van der Waals surface area contributed by atoms with Crippen LogP contribution in [-0.2, 0) is 21.2 Å². The number of anilines is 1. The molecular formula is C22H22ClN3O3S2. The fourth-order valence-electron chi connectivity index (χ4n) is 3.60. The molecule has 6 nitrogen and oxygen atoms in total. The molecule has 1 saturated heterocycles. The number of aromatic nitrogens is 1. The highest BCUT2D eigenvalue weighted by atomic mass is 35.5. The molecule has 0 atom stereocenters. The zero-order valence-corrected chi connectivity index (χ0v) is 19.1. The van der Waals surface area contributed by atoms with E-state index in [4.69, 9.17) is 11.6 Å². The highest BCUT2D eigenvalue weighted by Crippen LogP contribution is 2.27. The minimum Gasteiger partial charge on any atom is -0.302 e. The fraction of sp³-hybridized carbons (Fsp3) is 0.273. The van der Waals surface area contributed by atoms with Crippen molar-refractivity contribution >= 4 is 44.0 Å². The van der Waals surface area contributed by atoms with Crippen LogP contribution in [0.3, 0.4) is 0 Å². The molecular weight excluding hydrogens is 454 g/mol. The number of rotatable bonds is 6. The van der Waals surface area contributed by atoms with Gasteiger partial charge in [-0.15, -0.1) is 11.3 Å². The molecule has 1 fully saturated rings. The highest BCUT2D eigenvalue weighted by Gasteiger charge is 2.32. The molecule has 162 valence electrons. The first-order valence-corrected chi connectivity index (χ1v) is 12.6. The van der Waals surface area contributed by atoms with Crippen molar-refractivity contribution in [3.8, 4) is 0 Å². The second kappa shape index (κ2) is 9.48. The first kappa shape index (κ1) is 22.0. The van der Waals surface area contributed by atoms with Crippen molar-refractivity contribution in [2.24, 2.45) is 5.92 Å². The molecule has 0 saturated carbocycles. The second-order valence-electron chi connectivity index (χ2n) is 7.42. The van der Waals surface area contributed by atoms with Gasteiger partial charge in [-0.2, -0.15) is 4.31 Å². The molecule has 3 aromatic rings. The van der Waals surface area contributed by atoms with Gasteiger partial charge in [-0.25, -0.2) is 13.4 Å². The van der Waals surface area contributed by atoms with Gasteiger partial charge in [0.15, 0.2) is 5.13 Å². The maximum atomic E-state index is 12.7. The average Bonchev–Trinajstić information content (AvgIpc) is 3.21. The number of nitrogens with zero attached hydrogens (tertiary/aromatic N) is 2. The summed E-state index contributed by atoms with van der Waals surface area (Å²) in [5.74, 6) is -0.345. The van der Waals surface area contributed by atoms with Crippen molar-refractivity contribution in [2.45, 2.75) is 24.2 Å². The van der Waals surface area contributed by atoms with E-state index in [0.717, 1.165) is 10.4 Å². The highest BCUT2D eigenvalue weighted by molar-refractivity contribution is 7.89. The number of amides is 1. The Morgan fingerprint density at radius 3 is 2.58 bits per heavy atom. The van der Waals surface area contributed by atoms with Gasteiger partial charge in [0, 0.05) is 41.5 Å². The third-order valence-electron chi connectivity index (χ3n) is 5.26. The normalized spacial score (nSPS) is 15.6. The molecule has 9 heteroatoms. The molecule has 0 spiro atoms. The summed E-state index contributed by atoms with van der Waals surface area (Å²) >= 11 is 7.47. The van der Waals surface area contributed by atoms with Gasteiger partial charge in [-0.05, 0) is 42.7 Å². The third-order valence-corrected chi connectivity index (χ3v) is 8.32. The number of hydrogen-bond acceptors (Lipinski definition) is 5. The first-order valence-electron chi connectivity index (χ1n) is 9.97. The van der Waals surface area contributed by atoms with E-state index in [1.165, 1.54) is 15.6 Å². The SMILES string of the molecule is O=C(Nc1ncc(Cc2cccc(Cl)c2)s1)C1CCN(S(=O)(=O)c2ccccc2)CC1. The first-order chi connectivity index (χ1) is 14.9. The van der Waals surface area contributed by atoms with Crippen LogP contribution in [0, 0.1) is 5.92 Å². The van der Waals surface area contributed by atoms with Gasteiger partial charge in [0.1, 0.15) is 0 Å². The molecule has 1 N–H and O–H groups in total. The van der Waals surface area contributed by atoms with Crippen molar-refractivity contribution in [2.75, 3.05) is 18.4 Å². The van der Waals surface area contributed by atoms with Gasteiger partial charge < -0.3 is 5.32 Å².